The van der Waals surface area contributed by atoms with Gasteiger partial charge < -0.3 is 10.6 Å². The van der Waals surface area contributed by atoms with Crippen molar-refractivity contribution in [2.75, 3.05) is 13.6 Å². The van der Waals surface area contributed by atoms with E-state index in [2.05, 4.69) is 46.0 Å². The number of guanidine groups is 1. The lowest BCUT2D eigenvalue weighted by molar-refractivity contribution is 0.685. The minimum Gasteiger partial charge on any atom is -0.356 e. The number of unbranched alkanes of at least 4 members (excludes halogenated alkanes) is 1. The van der Waals surface area contributed by atoms with E-state index in [4.69, 9.17) is 0 Å². The Morgan fingerprint density at radius 1 is 1.17 bits per heavy atom. The SMILES string of the molecule is CCCCNC(=NC)NCc1cnn(Cc2ccccc2)c1.I. The first kappa shape index (κ1) is 19.5. The topological polar surface area (TPSA) is 54.2 Å². The predicted molar refractivity (Wildman–Crippen MR) is 106 cm³/mol. The summed E-state index contributed by atoms with van der Waals surface area (Å²) in [5.41, 5.74) is 2.40. The van der Waals surface area contributed by atoms with Crippen molar-refractivity contribution < 1.29 is 0 Å². The van der Waals surface area contributed by atoms with E-state index in [1.54, 1.807) is 7.05 Å². The van der Waals surface area contributed by atoms with Gasteiger partial charge in [0, 0.05) is 31.9 Å². The number of nitrogens with zero attached hydrogens (tertiary/aromatic N) is 3. The van der Waals surface area contributed by atoms with Crippen LogP contribution in [0.2, 0.25) is 0 Å². The molecule has 0 unspecified atom stereocenters. The van der Waals surface area contributed by atoms with E-state index in [9.17, 15) is 0 Å². The Bertz CT molecular complexity index is 580. The molecular formula is C17H26IN5. The molecule has 0 atom stereocenters. The molecule has 23 heavy (non-hydrogen) atoms. The quantitative estimate of drug-likeness (QED) is 0.309. The first-order chi connectivity index (χ1) is 10.8. The summed E-state index contributed by atoms with van der Waals surface area (Å²) < 4.78 is 1.96. The number of hydrogen-bond acceptors (Lipinski definition) is 2. The highest BCUT2D eigenvalue weighted by atomic mass is 127. The summed E-state index contributed by atoms with van der Waals surface area (Å²) in [5, 5.41) is 11.0. The van der Waals surface area contributed by atoms with Crippen molar-refractivity contribution in [2.45, 2.75) is 32.9 Å². The minimum atomic E-state index is 0. The number of benzene rings is 1. The fourth-order valence-corrected chi connectivity index (χ4v) is 2.14. The fraction of sp³-hybridized carbons (Fsp3) is 0.412. The van der Waals surface area contributed by atoms with Gasteiger partial charge in [-0.25, -0.2) is 0 Å². The van der Waals surface area contributed by atoms with Crippen molar-refractivity contribution in [3.63, 3.8) is 0 Å². The Balaban J connectivity index is 0.00000264. The van der Waals surface area contributed by atoms with E-state index >= 15 is 0 Å². The van der Waals surface area contributed by atoms with Gasteiger partial charge >= 0.3 is 0 Å². The van der Waals surface area contributed by atoms with Gasteiger partial charge in [-0.15, -0.1) is 24.0 Å². The van der Waals surface area contributed by atoms with Crippen LogP contribution in [0, 0.1) is 0 Å². The van der Waals surface area contributed by atoms with E-state index in [-0.39, 0.29) is 24.0 Å². The number of hydrogen-bond donors (Lipinski definition) is 2. The molecule has 0 radical (unpaired) electrons. The Labute approximate surface area is 155 Å². The monoisotopic (exact) mass is 427 g/mol. The summed E-state index contributed by atoms with van der Waals surface area (Å²) in [6, 6.07) is 10.3. The van der Waals surface area contributed by atoms with Crippen LogP contribution in [0.4, 0.5) is 0 Å². The molecule has 126 valence electrons. The molecule has 1 aromatic heterocycles. The molecular weight excluding hydrogens is 401 g/mol. The van der Waals surface area contributed by atoms with Crippen LogP contribution in [0.3, 0.4) is 0 Å². The van der Waals surface area contributed by atoms with Crippen molar-refractivity contribution in [1.29, 1.82) is 0 Å². The first-order valence-electron chi connectivity index (χ1n) is 7.81. The third kappa shape index (κ3) is 7.02. The van der Waals surface area contributed by atoms with Gasteiger partial charge in [0.1, 0.15) is 0 Å². The van der Waals surface area contributed by atoms with Crippen LogP contribution >= 0.6 is 24.0 Å². The fourth-order valence-electron chi connectivity index (χ4n) is 2.14. The molecule has 0 saturated heterocycles. The van der Waals surface area contributed by atoms with Crippen molar-refractivity contribution in [2.24, 2.45) is 4.99 Å². The highest BCUT2D eigenvalue weighted by Gasteiger charge is 2.01. The van der Waals surface area contributed by atoms with Crippen molar-refractivity contribution in [3.8, 4) is 0 Å². The number of rotatable bonds is 7. The van der Waals surface area contributed by atoms with Crippen molar-refractivity contribution in [3.05, 3.63) is 53.9 Å². The predicted octanol–water partition coefficient (Wildman–Crippen LogP) is 3.01. The Hall–Kier alpha value is -1.57. The first-order valence-corrected chi connectivity index (χ1v) is 7.81. The zero-order valence-electron chi connectivity index (χ0n) is 13.8. The maximum Gasteiger partial charge on any atom is 0.191 e. The van der Waals surface area contributed by atoms with Crippen LogP contribution in [-0.4, -0.2) is 29.3 Å². The van der Waals surface area contributed by atoms with Gasteiger partial charge in [-0.05, 0) is 12.0 Å². The molecule has 5 nitrogen and oxygen atoms in total. The van der Waals surface area contributed by atoms with Crippen molar-refractivity contribution >= 4 is 29.9 Å². The third-order valence-corrected chi connectivity index (χ3v) is 3.38. The second-order valence-corrected chi connectivity index (χ2v) is 5.24. The molecule has 0 saturated carbocycles. The number of aliphatic imine (C=N–C) groups is 1. The van der Waals surface area contributed by atoms with E-state index < -0.39 is 0 Å². The van der Waals surface area contributed by atoms with Crippen LogP contribution in [0.25, 0.3) is 0 Å². The van der Waals surface area contributed by atoms with Crippen LogP contribution in [0.1, 0.15) is 30.9 Å². The molecule has 0 spiro atoms. The highest BCUT2D eigenvalue weighted by molar-refractivity contribution is 14.0. The van der Waals surface area contributed by atoms with Crippen LogP contribution < -0.4 is 10.6 Å². The Morgan fingerprint density at radius 2 is 1.96 bits per heavy atom. The summed E-state index contributed by atoms with van der Waals surface area (Å²) in [6.07, 6.45) is 6.29. The lowest BCUT2D eigenvalue weighted by atomic mass is 10.2. The van der Waals surface area contributed by atoms with Crippen LogP contribution in [0.15, 0.2) is 47.7 Å². The van der Waals surface area contributed by atoms with Gasteiger partial charge in [-0.1, -0.05) is 43.7 Å². The van der Waals surface area contributed by atoms with E-state index in [0.29, 0.717) is 0 Å². The molecule has 6 heteroatoms. The molecule has 0 aliphatic carbocycles. The summed E-state index contributed by atoms with van der Waals surface area (Å²) >= 11 is 0. The third-order valence-electron chi connectivity index (χ3n) is 3.38. The number of nitrogens with one attached hydrogen (secondary N) is 2. The van der Waals surface area contributed by atoms with Gasteiger partial charge in [0.25, 0.3) is 0 Å². The Kier molecular flexibility index (Phi) is 9.35. The van der Waals surface area contributed by atoms with E-state index in [1.807, 2.05) is 29.1 Å². The number of halogens is 1. The normalized spacial score (nSPS) is 11.0. The van der Waals surface area contributed by atoms with E-state index in [0.717, 1.165) is 37.6 Å². The minimum absolute atomic E-state index is 0. The molecule has 2 aromatic rings. The summed E-state index contributed by atoms with van der Waals surface area (Å²) in [5.74, 6) is 0.837. The largest absolute Gasteiger partial charge is 0.356 e. The van der Waals surface area contributed by atoms with Gasteiger partial charge in [0.05, 0.1) is 12.7 Å². The molecule has 0 bridgehead atoms. The summed E-state index contributed by atoms with van der Waals surface area (Å²) in [4.78, 5) is 4.22. The average Bonchev–Trinajstić information content (AvgIpc) is 2.99. The molecule has 0 aliphatic rings. The van der Waals surface area contributed by atoms with Gasteiger partial charge in [0.2, 0.25) is 0 Å². The smallest absolute Gasteiger partial charge is 0.191 e. The molecule has 2 N–H and O–H groups in total. The molecule has 1 heterocycles. The van der Waals surface area contributed by atoms with Crippen LogP contribution in [-0.2, 0) is 13.1 Å². The van der Waals surface area contributed by atoms with Gasteiger partial charge in [-0.2, -0.15) is 5.10 Å². The maximum absolute atomic E-state index is 4.41. The zero-order chi connectivity index (χ0) is 15.6. The second-order valence-electron chi connectivity index (χ2n) is 5.24. The number of aromatic nitrogens is 2. The Morgan fingerprint density at radius 3 is 2.65 bits per heavy atom. The van der Waals surface area contributed by atoms with Crippen LogP contribution in [0.5, 0.6) is 0 Å². The standard InChI is InChI=1S/C17H25N5.HI/c1-3-4-10-19-17(18-2)20-11-16-12-21-22(14-16)13-15-8-6-5-7-9-15;/h5-9,12,14H,3-4,10-11,13H2,1-2H3,(H2,18,19,20);1H. The highest BCUT2D eigenvalue weighted by Crippen LogP contribution is 2.03. The lowest BCUT2D eigenvalue weighted by Crippen LogP contribution is -2.37. The zero-order valence-corrected chi connectivity index (χ0v) is 16.2. The summed E-state index contributed by atoms with van der Waals surface area (Å²) in [6.45, 7) is 4.65. The molecule has 0 fully saturated rings. The molecule has 0 amide bonds. The van der Waals surface area contributed by atoms with Crippen molar-refractivity contribution in [1.82, 2.24) is 20.4 Å². The summed E-state index contributed by atoms with van der Waals surface area (Å²) in [7, 11) is 1.79. The molecule has 2 rings (SSSR count). The molecule has 1 aromatic carbocycles. The maximum atomic E-state index is 4.41. The second kappa shape index (κ2) is 11.0. The average molecular weight is 427 g/mol. The molecule has 0 aliphatic heterocycles. The lowest BCUT2D eigenvalue weighted by Gasteiger charge is -2.10. The van der Waals surface area contributed by atoms with Gasteiger partial charge in [-0.3, -0.25) is 9.67 Å². The van der Waals surface area contributed by atoms with Gasteiger partial charge in [0.15, 0.2) is 5.96 Å². The van der Waals surface area contributed by atoms with E-state index in [1.165, 1.54) is 12.0 Å².